The zero-order valence-electron chi connectivity index (χ0n) is 9.47. The van der Waals surface area contributed by atoms with E-state index >= 15 is 0 Å². The molecule has 2 rings (SSSR count). The number of hydrogen-bond donors (Lipinski definition) is 1. The standard InChI is InChI=1S/C13H24O/c1-2-3-4-5-10-13(14,11-6-7-11)12-8-9-12/h11-12,14H,2-10H2,1H3. The quantitative estimate of drug-likeness (QED) is 0.618. The Bertz CT molecular complexity index is 168. The van der Waals surface area contributed by atoms with Crippen LogP contribution in [0.25, 0.3) is 0 Å². The molecule has 2 saturated carbocycles. The molecule has 82 valence electrons. The van der Waals surface area contributed by atoms with Crippen LogP contribution >= 0.6 is 0 Å². The molecule has 2 fully saturated rings. The third-order valence-corrected chi connectivity index (χ3v) is 4.00. The van der Waals surface area contributed by atoms with Crippen molar-refractivity contribution in [2.24, 2.45) is 11.8 Å². The van der Waals surface area contributed by atoms with E-state index < -0.39 is 0 Å². The van der Waals surface area contributed by atoms with Crippen LogP contribution in [0, 0.1) is 11.8 Å². The van der Waals surface area contributed by atoms with Gasteiger partial charge in [0.1, 0.15) is 0 Å². The Labute approximate surface area is 87.9 Å². The molecule has 0 spiro atoms. The Hall–Kier alpha value is -0.0400. The molecule has 14 heavy (non-hydrogen) atoms. The second kappa shape index (κ2) is 4.22. The lowest BCUT2D eigenvalue weighted by Gasteiger charge is -2.28. The van der Waals surface area contributed by atoms with Crippen molar-refractivity contribution in [3.63, 3.8) is 0 Å². The van der Waals surface area contributed by atoms with Crippen molar-refractivity contribution in [2.75, 3.05) is 0 Å². The average Bonchev–Trinajstić information content (AvgIpc) is 3.06. The minimum atomic E-state index is -0.228. The predicted molar refractivity (Wildman–Crippen MR) is 59.2 cm³/mol. The Morgan fingerprint density at radius 1 is 1.00 bits per heavy atom. The minimum Gasteiger partial charge on any atom is -0.389 e. The van der Waals surface area contributed by atoms with E-state index in [2.05, 4.69) is 6.92 Å². The SMILES string of the molecule is CCCCCCC(O)(C1CC1)C1CC1. The molecule has 1 N–H and O–H groups in total. The first-order valence-electron chi connectivity index (χ1n) is 6.49. The van der Waals surface area contributed by atoms with E-state index in [-0.39, 0.29) is 5.60 Å². The Kier molecular flexibility index (Phi) is 3.16. The molecule has 2 aliphatic carbocycles. The lowest BCUT2D eigenvalue weighted by molar-refractivity contribution is -0.0151. The summed E-state index contributed by atoms with van der Waals surface area (Å²) in [6, 6.07) is 0. The van der Waals surface area contributed by atoms with Crippen molar-refractivity contribution < 1.29 is 5.11 Å². The van der Waals surface area contributed by atoms with Gasteiger partial charge in [-0.1, -0.05) is 32.6 Å². The van der Waals surface area contributed by atoms with Gasteiger partial charge in [0.25, 0.3) is 0 Å². The third kappa shape index (κ3) is 2.31. The molecule has 0 aliphatic heterocycles. The molecule has 0 unspecified atom stereocenters. The molecule has 0 atom stereocenters. The van der Waals surface area contributed by atoms with E-state index in [1.54, 1.807) is 0 Å². The zero-order chi connectivity index (χ0) is 10.0. The summed E-state index contributed by atoms with van der Waals surface area (Å²) < 4.78 is 0. The van der Waals surface area contributed by atoms with Gasteiger partial charge in [-0.05, 0) is 43.9 Å². The van der Waals surface area contributed by atoms with Crippen LogP contribution < -0.4 is 0 Å². The first-order valence-corrected chi connectivity index (χ1v) is 6.49. The van der Waals surface area contributed by atoms with Gasteiger partial charge in [0.2, 0.25) is 0 Å². The third-order valence-electron chi connectivity index (χ3n) is 4.00. The summed E-state index contributed by atoms with van der Waals surface area (Å²) in [5, 5.41) is 10.6. The molecular weight excluding hydrogens is 172 g/mol. The monoisotopic (exact) mass is 196 g/mol. The second-order valence-corrected chi connectivity index (χ2v) is 5.35. The molecule has 0 bridgehead atoms. The molecular formula is C13H24O. The lowest BCUT2D eigenvalue weighted by Crippen LogP contribution is -2.33. The highest BCUT2D eigenvalue weighted by Gasteiger charge is 2.52. The number of hydrogen-bond acceptors (Lipinski definition) is 1. The average molecular weight is 196 g/mol. The van der Waals surface area contributed by atoms with Gasteiger partial charge >= 0.3 is 0 Å². The van der Waals surface area contributed by atoms with Gasteiger partial charge in [-0.15, -0.1) is 0 Å². The Morgan fingerprint density at radius 2 is 1.57 bits per heavy atom. The normalized spacial score (nSPS) is 22.7. The molecule has 0 aromatic carbocycles. The Morgan fingerprint density at radius 3 is 2.00 bits per heavy atom. The summed E-state index contributed by atoms with van der Waals surface area (Å²) in [6.45, 7) is 2.24. The highest BCUT2D eigenvalue weighted by Crippen LogP contribution is 2.54. The van der Waals surface area contributed by atoms with Crippen molar-refractivity contribution in [1.29, 1.82) is 0 Å². The predicted octanol–water partition coefficient (Wildman–Crippen LogP) is 3.51. The smallest absolute Gasteiger partial charge is 0.0703 e. The first kappa shape index (κ1) is 10.5. The minimum absolute atomic E-state index is 0.228. The number of rotatable bonds is 7. The molecule has 1 heteroatoms. The van der Waals surface area contributed by atoms with E-state index in [1.807, 2.05) is 0 Å². The maximum Gasteiger partial charge on any atom is 0.0703 e. The van der Waals surface area contributed by atoms with Crippen molar-refractivity contribution >= 4 is 0 Å². The summed E-state index contributed by atoms with van der Waals surface area (Å²) in [5.41, 5.74) is -0.228. The van der Waals surface area contributed by atoms with E-state index in [9.17, 15) is 5.11 Å². The maximum atomic E-state index is 10.6. The van der Waals surface area contributed by atoms with Gasteiger partial charge in [0.05, 0.1) is 5.60 Å². The van der Waals surface area contributed by atoms with Gasteiger partial charge in [0, 0.05) is 0 Å². The topological polar surface area (TPSA) is 20.2 Å². The van der Waals surface area contributed by atoms with Crippen molar-refractivity contribution in [3.8, 4) is 0 Å². The van der Waals surface area contributed by atoms with Gasteiger partial charge in [0.15, 0.2) is 0 Å². The fourth-order valence-electron chi connectivity index (χ4n) is 2.74. The zero-order valence-corrected chi connectivity index (χ0v) is 9.47. The van der Waals surface area contributed by atoms with Crippen LogP contribution in [0.5, 0.6) is 0 Å². The van der Waals surface area contributed by atoms with Crippen LogP contribution in [-0.2, 0) is 0 Å². The van der Waals surface area contributed by atoms with E-state index in [0.29, 0.717) is 11.8 Å². The van der Waals surface area contributed by atoms with Crippen LogP contribution in [0.3, 0.4) is 0 Å². The van der Waals surface area contributed by atoms with Crippen molar-refractivity contribution in [2.45, 2.75) is 70.3 Å². The van der Waals surface area contributed by atoms with E-state index in [0.717, 1.165) is 6.42 Å². The van der Waals surface area contributed by atoms with Gasteiger partial charge in [-0.3, -0.25) is 0 Å². The maximum absolute atomic E-state index is 10.6. The largest absolute Gasteiger partial charge is 0.389 e. The highest BCUT2D eigenvalue weighted by atomic mass is 16.3. The van der Waals surface area contributed by atoms with Crippen LogP contribution in [0.4, 0.5) is 0 Å². The first-order chi connectivity index (χ1) is 6.77. The molecule has 0 heterocycles. The van der Waals surface area contributed by atoms with Gasteiger partial charge < -0.3 is 5.11 Å². The van der Waals surface area contributed by atoms with Gasteiger partial charge in [-0.2, -0.15) is 0 Å². The molecule has 0 radical (unpaired) electrons. The summed E-state index contributed by atoms with van der Waals surface area (Å²) in [6.07, 6.45) is 11.5. The molecule has 0 saturated heterocycles. The van der Waals surface area contributed by atoms with Crippen LogP contribution in [-0.4, -0.2) is 10.7 Å². The van der Waals surface area contributed by atoms with Crippen molar-refractivity contribution in [1.82, 2.24) is 0 Å². The fraction of sp³-hybridized carbons (Fsp3) is 1.00. The summed E-state index contributed by atoms with van der Waals surface area (Å²) >= 11 is 0. The van der Waals surface area contributed by atoms with E-state index in [4.69, 9.17) is 0 Å². The van der Waals surface area contributed by atoms with Gasteiger partial charge in [-0.25, -0.2) is 0 Å². The van der Waals surface area contributed by atoms with Crippen LogP contribution in [0.1, 0.15) is 64.7 Å². The molecule has 0 aromatic heterocycles. The molecule has 1 nitrogen and oxygen atoms in total. The summed E-state index contributed by atoms with van der Waals surface area (Å²) in [7, 11) is 0. The second-order valence-electron chi connectivity index (χ2n) is 5.35. The van der Waals surface area contributed by atoms with Crippen molar-refractivity contribution in [3.05, 3.63) is 0 Å². The van der Waals surface area contributed by atoms with Crippen LogP contribution in [0.2, 0.25) is 0 Å². The molecule has 0 amide bonds. The summed E-state index contributed by atoms with van der Waals surface area (Å²) in [5.74, 6) is 1.35. The van der Waals surface area contributed by atoms with Crippen LogP contribution in [0.15, 0.2) is 0 Å². The number of unbranched alkanes of at least 4 members (excludes halogenated alkanes) is 3. The summed E-state index contributed by atoms with van der Waals surface area (Å²) in [4.78, 5) is 0. The van der Waals surface area contributed by atoms with E-state index in [1.165, 1.54) is 51.4 Å². The highest BCUT2D eigenvalue weighted by molar-refractivity contribution is 5.03. The Balaban J connectivity index is 1.73. The number of aliphatic hydroxyl groups is 1. The fourth-order valence-corrected chi connectivity index (χ4v) is 2.74. The molecule has 0 aromatic rings. The molecule has 2 aliphatic rings. The lowest BCUT2D eigenvalue weighted by atomic mass is 9.86.